The predicted molar refractivity (Wildman–Crippen MR) is 112 cm³/mol. The van der Waals surface area contributed by atoms with E-state index >= 15 is 0 Å². The van der Waals surface area contributed by atoms with Gasteiger partial charge in [-0.3, -0.25) is 4.79 Å². The molecule has 29 heavy (non-hydrogen) atoms. The molecule has 144 valence electrons. The van der Waals surface area contributed by atoms with Crippen LogP contribution in [0.15, 0.2) is 66.7 Å². The molecule has 1 heterocycles. The van der Waals surface area contributed by atoms with Crippen LogP contribution in [0.3, 0.4) is 0 Å². The lowest BCUT2D eigenvalue weighted by Gasteiger charge is -2.06. The Hall–Kier alpha value is -3.73. The first-order valence-electron chi connectivity index (χ1n) is 9.34. The first-order chi connectivity index (χ1) is 14.0. The minimum atomic E-state index is -0.530. The van der Waals surface area contributed by atoms with Crippen molar-refractivity contribution >= 4 is 22.5 Å². The van der Waals surface area contributed by atoms with E-state index in [9.17, 15) is 9.59 Å². The van der Waals surface area contributed by atoms with Crippen LogP contribution in [0.4, 0.5) is 0 Å². The maximum Gasteiger partial charge on any atom is 0.338 e. The van der Waals surface area contributed by atoms with Gasteiger partial charge < -0.3 is 9.72 Å². The van der Waals surface area contributed by atoms with Crippen molar-refractivity contribution < 1.29 is 14.3 Å². The summed E-state index contributed by atoms with van der Waals surface area (Å²) in [5, 5.41) is 2.03. The van der Waals surface area contributed by atoms with Crippen LogP contribution in [0.5, 0.6) is 0 Å². The Kier molecular flexibility index (Phi) is 4.96. The quantitative estimate of drug-likeness (QED) is 0.393. The molecule has 0 aliphatic rings. The number of Topliss-reactive ketones (excluding diaryl/α,β-unsaturated/α-hetero) is 1. The Morgan fingerprint density at radius 2 is 1.59 bits per heavy atom. The standard InChI is InChI=1S/C24H20N2O3/c1-15-16(2)26-23(25-15)18-8-10-19(11-9-18)24(28)29-14-22(27)21-12-7-17-5-3-4-6-20(17)13-21/h3-13H,14H2,1-2H3,(H,25,26). The van der Waals surface area contributed by atoms with E-state index in [0.717, 1.165) is 33.5 Å². The molecule has 0 fully saturated rings. The van der Waals surface area contributed by atoms with Crippen molar-refractivity contribution in [1.82, 2.24) is 9.97 Å². The third-order valence-corrected chi connectivity index (χ3v) is 4.93. The number of H-pyrrole nitrogens is 1. The zero-order chi connectivity index (χ0) is 20.4. The summed E-state index contributed by atoms with van der Waals surface area (Å²) >= 11 is 0. The van der Waals surface area contributed by atoms with E-state index < -0.39 is 5.97 Å². The van der Waals surface area contributed by atoms with Gasteiger partial charge in [-0.2, -0.15) is 0 Å². The molecular weight excluding hydrogens is 364 g/mol. The number of esters is 1. The lowest BCUT2D eigenvalue weighted by Crippen LogP contribution is -2.14. The number of fused-ring (bicyclic) bond motifs is 1. The highest BCUT2D eigenvalue weighted by molar-refractivity contribution is 6.02. The van der Waals surface area contributed by atoms with Gasteiger partial charge in [0.15, 0.2) is 12.4 Å². The number of ether oxygens (including phenoxy) is 1. The summed E-state index contributed by atoms with van der Waals surface area (Å²) in [6, 6.07) is 20.2. The van der Waals surface area contributed by atoms with Crippen LogP contribution in [0, 0.1) is 13.8 Å². The molecule has 4 aromatic rings. The largest absolute Gasteiger partial charge is 0.454 e. The Morgan fingerprint density at radius 1 is 0.897 bits per heavy atom. The number of carbonyl (C=O) groups is 2. The summed E-state index contributed by atoms with van der Waals surface area (Å²) in [6.45, 7) is 3.60. The van der Waals surface area contributed by atoms with Crippen molar-refractivity contribution in [1.29, 1.82) is 0 Å². The minimum Gasteiger partial charge on any atom is -0.454 e. The Labute approximate surface area is 168 Å². The highest BCUT2D eigenvalue weighted by Gasteiger charge is 2.13. The number of hydrogen-bond acceptors (Lipinski definition) is 4. The van der Waals surface area contributed by atoms with Gasteiger partial charge >= 0.3 is 5.97 Å². The smallest absolute Gasteiger partial charge is 0.338 e. The fraction of sp³-hybridized carbons (Fsp3) is 0.125. The van der Waals surface area contributed by atoms with Crippen molar-refractivity contribution in [3.8, 4) is 11.4 Å². The normalized spacial score (nSPS) is 10.8. The number of ketones is 1. The third-order valence-electron chi connectivity index (χ3n) is 4.93. The number of nitrogens with one attached hydrogen (secondary N) is 1. The second kappa shape index (κ2) is 7.72. The zero-order valence-electron chi connectivity index (χ0n) is 16.2. The number of aromatic nitrogens is 2. The average Bonchev–Trinajstić information content (AvgIpc) is 3.09. The van der Waals surface area contributed by atoms with E-state index in [1.807, 2.05) is 50.2 Å². The molecule has 0 atom stereocenters. The summed E-state index contributed by atoms with van der Waals surface area (Å²) in [5.74, 6) is -0.00819. The van der Waals surface area contributed by atoms with Crippen LogP contribution in [-0.4, -0.2) is 28.3 Å². The number of rotatable bonds is 5. The molecule has 0 saturated carbocycles. The van der Waals surface area contributed by atoms with Crippen molar-refractivity contribution in [2.24, 2.45) is 0 Å². The molecule has 0 aliphatic carbocycles. The van der Waals surface area contributed by atoms with Crippen LogP contribution in [0.2, 0.25) is 0 Å². The van der Waals surface area contributed by atoms with E-state index in [1.165, 1.54) is 0 Å². The molecule has 3 aromatic carbocycles. The minimum absolute atomic E-state index is 0.234. The highest BCUT2D eigenvalue weighted by atomic mass is 16.5. The molecule has 5 nitrogen and oxygen atoms in total. The van der Waals surface area contributed by atoms with Crippen molar-refractivity contribution in [2.75, 3.05) is 6.61 Å². The maximum absolute atomic E-state index is 12.4. The molecule has 4 rings (SSSR count). The molecule has 1 aromatic heterocycles. The Bertz CT molecular complexity index is 1190. The second-order valence-corrected chi connectivity index (χ2v) is 6.93. The fourth-order valence-corrected chi connectivity index (χ4v) is 3.11. The van der Waals surface area contributed by atoms with E-state index in [4.69, 9.17) is 4.74 Å². The second-order valence-electron chi connectivity index (χ2n) is 6.93. The lowest BCUT2D eigenvalue weighted by atomic mass is 10.0. The van der Waals surface area contributed by atoms with E-state index in [0.29, 0.717) is 11.1 Å². The van der Waals surface area contributed by atoms with E-state index in [2.05, 4.69) is 9.97 Å². The zero-order valence-corrected chi connectivity index (χ0v) is 16.2. The highest BCUT2D eigenvalue weighted by Crippen LogP contribution is 2.19. The molecule has 5 heteroatoms. The molecule has 0 radical (unpaired) electrons. The summed E-state index contributed by atoms with van der Waals surface area (Å²) in [6.07, 6.45) is 0. The number of carbonyl (C=O) groups excluding carboxylic acids is 2. The van der Waals surface area contributed by atoms with Crippen molar-refractivity contribution in [3.63, 3.8) is 0 Å². The van der Waals surface area contributed by atoms with Crippen molar-refractivity contribution in [2.45, 2.75) is 13.8 Å². The SMILES string of the molecule is Cc1nc(-c2ccc(C(=O)OCC(=O)c3ccc4ccccc4c3)cc2)[nH]c1C. The number of benzene rings is 3. The van der Waals surface area contributed by atoms with Gasteiger partial charge in [0.1, 0.15) is 5.82 Å². The Morgan fingerprint density at radius 3 is 2.28 bits per heavy atom. The summed E-state index contributed by atoms with van der Waals surface area (Å²) in [7, 11) is 0. The Balaban J connectivity index is 1.41. The lowest BCUT2D eigenvalue weighted by molar-refractivity contribution is 0.0475. The molecule has 1 N–H and O–H groups in total. The summed E-state index contributed by atoms with van der Waals surface area (Å²) in [4.78, 5) is 32.4. The van der Waals surface area contributed by atoms with Crippen LogP contribution in [0.1, 0.15) is 32.1 Å². The van der Waals surface area contributed by atoms with Gasteiger partial charge in [-0.15, -0.1) is 0 Å². The molecular formula is C24H20N2O3. The monoisotopic (exact) mass is 384 g/mol. The van der Waals surface area contributed by atoms with Gasteiger partial charge in [0, 0.05) is 16.8 Å². The van der Waals surface area contributed by atoms with Gasteiger partial charge in [0.2, 0.25) is 0 Å². The number of aryl methyl sites for hydroxylation is 2. The predicted octanol–water partition coefficient (Wildman–Crippen LogP) is 4.89. The third kappa shape index (κ3) is 3.94. The fourth-order valence-electron chi connectivity index (χ4n) is 3.11. The van der Waals surface area contributed by atoms with Crippen molar-refractivity contribution in [3.05, 3.63) is 89.2 Å². The molecule has 0 saturated heterocycles. The molecule has 0 unspecified atom stereocenters. The van der Waals surface area contributed by atoms with Gasteiger partial charge in [-0.1, -0.05) is 48.5 Å². The number of imidazole rings is 1. The average molecular weight is 384 g/mol. The summed E-state index contributed by atoms with van der Waals surface area (Å²) in [5.41, 5.74) is 3.74. The molecule has 0 spiro atoms. The molecule has 0 bridgehead atoms. The van der Waals surface area contributed by atoms with Crippen LogP contribution in [0.25, 0.3) is 22.2 Å². The number of nitrogens with zero attached hydrogens (tertiary/aromatic N) is 1. The van der Waals surface area contributed by atoms with Gasteiger partial charge in [0.05, 0.1) is 11.3 Å². The van der Waals surface area contributed by atoms with Gasteiger partial charge in [-0.25, -0.2) is 9.78 Å². The van der Waals surface area contributed by atoms with Gasteiger partial charge in [-0.05, 0) is 42.8 Å². The summed E-state index contributed by atoms with van der Waals surface area (Å²) < 4.78 is 5.21. The number of hydrogen-bond donors (Lipinski definition) is 1. The van der Waals surface area contributed by atoms with E-state index in [1.54, 1.807) is 30.3 Å². The first kappa shape index (κ1) is 18.6. The topological polar surface area (TPSA) is 72.0 Å². The van der Waals surface area contributed by atoms with Crippen LogP contribution >= 0.6 is 0 Å². The van der Waals surface area contributed by atoms with Crippen LogP contribution in [-0.2, 0) is 4.74 Å². The molecule has 0 aliphatic heterocycles. The van der Waals surface area contributed by atoms with Crippen LogP contribution < -0.4 is 0 Å². The van der Waals surface area contributed by atoms with Gasteiger partial charge in [0.25, 0.3) is 0 Å². The number of aromatic amines is 1. The molecule has 0 amide bonds. The first-order valence-corrected chi connectivity index (χ1v) is 9.34. The van der Waals surface area contributed by atoms with E-state index in [-0.39, 0.29) is 12.4 Å². The maximum atomic E-state index is 12.4.